The van der Waals surface area contributed by atoms with Gasteiger partial charge in [0.2, 0.25) is 5.91 Å². The highest BCUT2D eigenvalue weighted by atomic mass is 35.5. The van der Waals surface area contributed by atoms with Crippen LogP contribution in [0.3, 0.4) is 0 Å². The fourth-order valence-electron chi connectivity index (χ4n) is 2.26. The van der Waals surface area contributed by atoms with E-state index in [0.29, 0.717) is 29.6 Å². The minimum atomic E-state index is -0.742. The first-order valence-electron chi connectivity index (χ1n) is 6.72. The fourth-order valence-corrected chi connectivity index (χ4v) is 2.51. The van der Waals surface area contributed by atoms with Crippen LogP contribution in [-0.2, 0) is 6.54 Å². The van der Waals surface area contributed by atoms with Gasteiger partial charge < -0.3 is 16.2 Å². The van der Waals surface area contributed by atoms with E-state index in [9.17, 15) is 9.90 Å². The molecule has 0 spiro atoms. The number of amides is 1. The Bertz CT molecular complexity index is 473. The quantitative estimate of drug-likeness (QED) is 0.723. The number of nitrogens with two attached hydrogens (primary N) is 1. The zero-order valence-corrected chi connectivity index (χ0v) is 13.0. The van der Waals surface area contributed by atoms with Gasteiger partial charge in [0.25, 0.3) is 0 Å². The summed E-state index contributed by atoms with van der Waals surface area (Å²) in [6, 6.07) is 4.98. The Labute approximate surface area is 125 Å². The molecule has 20 heavy (non-hydrogen) atoms. The highest BCUT2D eigenvalue weighted by Crippen LogP contribution is 2.19. The van der Waals surface area contributed by atoms with E-state index in [-0.39, 0.29) is 0 Å². The van der Waals surface area contributed by atoms with Crippen molar-refractivity contribution in [3.05, 3.63) is 34.3 Å². The molecule has 1 unspecified atom stereocenters. The van der Waals surface area contributed by atoms with E-state index in [0.717, 1.165) is 12.0 Å². The molecule has 0 fully saturated rings. The summed E-state index contributed by atoms with van der Waals surface area (Å²) in [5.74, 6) is -0.0588. The van der Waals surface area contributed by atoms with Crippen LogP contribution in [0.25, 0.3) is 0 Å². The summed E-state index contributed by atoms with van der Waals surface area (Å²) in [7, 11) is 0. The molecule has 1 atom stereocenters. The number of nitrogens with one attached hydrogen (secondary N) is 1. The Morgan fingerprint density at radius 2 is 2.15 bits per heavy atom. The standard InChI is InChI=1S/C15H23ClN2O2/c1-10(2)7-15(3,20)9-18-8-12-5-4-11(14(17)19)6-13(12)16/h4-6,10,18,20H,7-9H2,1-3H3,(H2,17,19). The zero-order valence-electron chi connectivity index (χ0n) is 12.2. The van der Waals surface area contributed by atoms with E-state index in [2.05, 4.69) is 19.2 Å². The first kappa shape index (κ1) is 17.0. The second kappa shape index (κ2) is 7.07. The summed E-state index contributed by atoms with van der Waals surface area (Å²) in [5, 5.41) is 13.9. The van der Waals surface area contributed by atoms with Gasteiger partial charge in [-0.05, 0) is 37.0 Å². The van der Waals surface area contributed by atoms with Crippen molar-refractivity contribution in [2.75, 3.05) is 6.54 Å². The summed E-state index contributed by atoms with van der Waals surface area (Å²) >= 11 is 6.10. The summed E-state index contributed by atoms with van der Waals surface area (Å²) < 4.78 is 0. The fraction of sp³-hybridized carbons (Fsp3) is 0.533. The number of hydrogen-bond donors (Lipinski definition) is 3. The maximum atomic E-state index is 11.0. The summed E-state index contributed by atoms with van der Waals surface area (Å²) in [6.45, 7) is 6.99. The van der Waals surface area contributed by atoms with Gasteiger partial charge in [-0.2, -0.15) is 0 Å². The molecule has 4 nitrogen and oxygen atoms in total. The minimum Gasteiger partial charge on any atom is -0.389 e. The van der Waals surface area contributed by atoms with Crippen molar-refractivity contribution in [2.45, 2.75) is 39.3 Å². The second-order valence-corrected chi connectivity index (χ2v) is 6.28. The molecule has 0 aromatic heterocycles. The van der Waals surface area contributed by atoms with E-state index in [1.54, 1.807) is 18.2 Å². The number of halogens is 1. The summed E-state index contributed by atoms with van der Waals surface area (Å²) in [6.07, 6.45) is 0.731. The van der Waals surface area contributed by atoms with Crippen LogP contribution < -0.4 is 11.1 Å². The van der Waals surface area contributed by atoms with Crippen LogP contribution in [-0.4, -0.2) is 23.2 Å². The average molecular weight is 299 g/mol. The molecule has 112 valence electrons. The number of carbonyl (C=O) groups excluding carboxylic acids is 1. The largest absolute Gasteiger partial charge is 0.389 e. The molecule has 1 aromatic rings. The Morgan fingerprint density at radius 1 is 1.50 bits per heavy atom. The highest BCUT2D eigenvalue weighted by Gasteiger charge is 2.21. The highest BCUT2D eigenvalue weighted by molar-refractivity contribution is 6.31. The number of primary amides is 1. The predicted octanol–water partition coefficient (Wildman–Crippen LogP) is 2.33. The lowest BCUT2D eigenvalue weighted by Gasteiger charge is -2.25. The van der Waals surface area contributed by atoms with Gasteiger partial charge in [0.1, 0.15) is 0 Å². The van der Waals surface area contributed by atoms with Crippen molar-refractivity contribution < 1.29 is 9.90 Å². The van der Waals surface area contributed by atoms with Crippen molar-refractivity contribution in [3.63, 3.8) is 0 Å². The number of rotatable bonds is 7. The number of aliphatic hydroxyl groups is 1. The number of hydrogen-bond acceptors (Lipinski definition) is 3. The van der Waals surface area contributed by atoms with E-state index in [4.69, 9.17) is 17.3 Å². The SMILES string of the molecule is CC(C)CC(C)(O)CNCc1ccc(C(N)=O)cc1Cl. The Balaban J connectivity index is 2.56. The van der Waals surface area contributed by atoms with Gasteiger partial charge in [-0.1, -0.05) is 31.5 Å². The Hall–Kier alpha value is -1.10. The zero-order chi connectivity index (χ0) is 15.3. The molecular weight excluding hydrogens is 276 g/mol. The van der Waals surface area contributed by atoms with E-state index >= 15 is 0 Å². The predicted molar refractivity (Wildman–Crippen MR) is 81.8 cm³/mol. The van der Waals surface area contributed by atoms with Gasteiger partial charge in [0.15, 0.2) is 0 Å². The molecule has 0 heterocycles. The Kier molecular flexibility index (Phi) is 5.99. The van der Waals surface area contributed by atoms with Gasteiger partial charge in [0.05, 0.1) is 5.60 Å². The van der Waals surface area contributed by atoms with Gasteiger partial charge in [0, 0.05) is 23.7 Å². The van der Waals surface area contributed by atoms with Gasteiger partial charge in [-0.25, -0.2) is 0 Å². The summed E-state index contributed by atoms with van der Waals surface area (Å²) in [5.41, 5.74) is 5.71. The van der Waals surface area contributed by atoms with Gasteiger partial charge >= 0.3 is 0 Å². The van der Waals surface area contributed by atoms with Gasteiger partial charge in [-0.3, -0.25) is 4.79 Å². The third kappa shape index (κ3) is 5.49. The molecule has 1 amide bonds. The lowest BCUT2D eigenvalue weighted by atomic mass is 9.94. The molecule has 0 bridgehead atoms. The second-order valence-electron chi connectivity index (χ2n) is 5.87. The van der Waals surface area contributed by atoms with Crippen molar-refractivity contribution in [1.29, 1.82) is 0 Å². The Morgan fingerprint density at radius 3 is 2.65 bits per heavy atom. The first-order chi connectivity index (χ1) is 9.21. The minimum absolute atomic E-state index is 0.394. The monoisotopic (exact) mass is 298 g/mol. The average Bonchev–Trinajstić information content (AvgIpc) is 2.29. The van der Waals surface area contributed by atoms with Crippen LogP contribution in [0.15, 0.2) is 18.2 Å². The van der Waals surface area contributed by atoms with E-state index < -0.39 is 11.5 Å². The normalized spacial score (nSPS) is 14.3. The number of carbonyl (C=O) groups is 1. The molecule has 0 aliphatic carbocycles. The van der Waals surface area contributed by atoms with Crippen LogP contribution in [0, 0.1) is 5.92 Å². The third-order valence-electron chi connectivity index (χ3n) is 3.01. The first-order valence-corrected chi connectivity index (χ1v) is 7.10. The van der Waals surface area contributed by atoms with Crippen LogP contribution in [0.5, 0.6) is 0 Å². The van der Waals surface area contributed by atoms with E-state index in [1.807, 2.05) is 6.92 Å². The molecule has 4 N–H and O–H groups in total. The van der Waals surface area contributed by atoms with Crippen LogP contribution in [0.2, 0.25) is 5.02 Å². The molecule has 0 saturated heterocycles. The molecule has 0 aliphatic heterocycles. The molecule has 0 aliphatic rings. The summed E-state index contributed by atoms with van der Waals surface area (Å²) in [4.78, 5) is 11.0. The van der Waals surface area contributed by atoms with Crippen LogP contribution in [0.1, 0.15) is 43.1 Å². The van der Waals surface area contributed by atoms with E-state index in [1.165, 1.54) is 0 Å². The lowest BCUT2D eigenvalue weighted by molar-refractivity contribution is 0.0383. The van der Waals surface area contributed by atoms with Crippen molar-refractivity contribution in [3.8, 4) is 0 Å². The molecule has 0 saturated carbocycles. The lowest BCUT2D eigenvalue weighted by Crippen LogP contribution is -2.38. The van der Waals surface area contributed by atoms with Crippen molar-refractivity contribution >= 4 is 17.5 Å². The topological polar surface area (TPSA) is 75.3 Å². The molecule has 5 heteroatoms. The molecule has 0 radical (unpaired) electrons. The number of benzene rings is 1. The maximum Gasteiger partial charge on any atom is 0.248 e. The van der Waals surface area contributed by atoms with Crippen molar-refractivity contribution in [2.24, 2.45) is 11.7 Å². The van der Waals surface area contributed by atoms with Gasteiger partial charge in [-0.15, -0.1) is 0 Å². The molecular formula is C15H23ClN2O2. The smallest absolute Gasteiger partial charge is 0.248 e. The van der Waals surface area contributed by atoms with Crippen LogP contribution in [0.4, 0.5) is 0 Å². The van der Waals surface area contributed by atoms with Crippen LogP contribution >= 0.6 is 11.6 Å². The van der Waals surface area contributed by atoms with Crippen molar-refractivity contribution in [1.82, 2.24) is 5.32 Å². The maximum absolute atomic E-state index is 11.0. The molecule has 1 aromatic carbocycles. The third-order valence-corrected chi connectivity index (χ3v) is 3.36. The molecule has 1 rings (SSSR count).